The molecule has 0 saturated heterocycles. The monoisotopic (exact) mass is 333 g/mol. The zero-order valence-corrected chi connectivity index (χ0v) is 13.6. The van der Waals surface area contributed by atoms with E-state index in [1.165, 1.54) is 7.11 Å². The predicted molar refractivity (Wildman–Crippen MR) is 88.2 cm³/mol. The molecule has 122 valence electrons. The van der Waals surface area contributed by atoms with Crippen LogP contribution in [-0.2, 0) is 31.7 Å². The van der Waals surface area contributed by atoms with Crippen molar-refractivity contribution in [3.63, 3.8) is 0 Å². The Labute approximate surface area is 136 Å². The van der Waals surface area contributed by atoms with Gasteiger partial charge in [-0.3, -0.25) is 4.79 Å². The molecule has 0 heterocycles. The summed E-state index contributed by atoms with van der Waals surface area (Å²) in [7, 11) is -2.42. The van der Waals surface area contributed by atoms with Gasteiger partial charge in [-0.2, -0.15) is 0 Å². The molecule has 23 heavy (non-hydrogen) atoms. The molecule has 0 aliphatic carbocycles. The number of hydrogen-bond acceptors (Lipinski definition) is 4. The van der Waals surface area contributed by atoms with Crippen LogP contribution in [0.4, 0.5) is 0 Å². The third-order valence-corrected chi connectivity index (χ3v) is 4.65. The van der Waals surface area contributed by atoms with E-state index in [4.69, 9.17) is 4.74 Å². The standard InChI is InChI=1S/C17H19NO4S/c1-22-17(19)16(12-14-8-4-2-5-9-14)18-23(20,21)13-15-10-6-3-7-11-15/h2-11,16,18H,12-13H2,1H3. The van der Waals surface area contributed by atoms with Crippen molar-refractivity contribution in [3.8, 4) is 0 Å². The van der Waals surface area contributed by atoms with Crippen LogP contribution in [0, 0.1) is 0 Å². The summed E-state index contributed by atoms with van der Waals surface area (Å²) >= 11 is 0. The lowest BCUT2D eigenvalue weighted by molar-refractivity contribution is -0.142. The molecule has 0 bridgehead atoms. The van der Waals surface area contributed by atoms with E-state index in [1.54, 1.807) is 24.3 Å². The summed E-state index contributed by atoms with van der Waals surface area (Å²) in [6.45, 7) is 0. The molecule has 2 aromatic rings. The average Bonchev–Trinajstić information content (AvgIpc) is 2.54. The number of methoxy groups -OCH3 is 1. The van der Waals surface area contributed by atoms with Gasteiger partial charge in [-0.1, -0.05) is 60.7 Å². The van der Waals surface area contributed by atoms with Crippen LogP contribution in [0.15, 0.2) is 60.7 Å². The molecule has 0 fully saturated rings. The van der Waals surface area contributed by atoms with Gasteiger partial charge in [-0.25, -0.2) is 13.1 Å². The Hall–Kier alpha value is -2.18. The first-order valence-corrected chi connectivity index (χ1v) is 8.81. The second kappa shape index (κ2) is 7.89. The van der Waals surface area contributed by atoms with E-state index >= 15 is 0 Å². The first-order chi connectivity index (χ1) is 11.0. The molecule has 1 N–H and O–H groups in total. The van der Waals surface area contributed by atoms with Crippen LogP contribution < -0.4 is 4.72 Å². The van der Waals surface area contributed by atoms with Crippen molar-refractivity contribution in [2.45, 2.75) is 18.2 Å². The molecule has 0 amide bonds. The second-order valence-corrected chi connectivity index (χ2v) is 6.88. The molecule has 0 saturated carbocycles. The lowest BCUT2D eigenvalue weighted by atomic mass is 10.1. The molecule has 0 aliphatic rings. The van der Waals surface area contributed by atoms with Crippen molar-refractivity contribution in [2.75, 3.05) is 7.11 Å². The molecule has 5 nitrogen and oxygen atoms in total. The summed E-state index contributed by atoms with van der Waals surface area (Å²) in [5.74, 6) is -0.790. The third-order valence-electron chi connectivity index (χ3n) is 3.29. The number of nitrogens with one attached hydrogen (secondary N) is 1. The first kappa shape index (κ1) is 17.2. The number of rotatable bonds is 7. The number of ether oxygens (including phenoxy) is 1. The number of benzene rings is 2. The Morgan fingerprint density at radius 1 is 1.00 bits per heavy atom. The quantitative estimate of drug-likeness (QED) is 0.786. The molecular weight excluding hydrogens is 314 g/mol. The highest BCUT2D eigenvalue weighted by Gasteiger charge is 2.25. The van der Waals surface area contributed by atoms with E-state index in [0.717, 1.165) is 5.56 Å². The van der Waals surface area contributed by atoms with Gasteiger partial charge in [0, 0.05) is 0 Å². The fraction of sp³-hybridized carbons (Fsp3) is 0.235. The highest BCUT2D eigenvalue weighted by atomic mass is 32.2. The molecule has 0 aliphatic heterocycles. The topological polar surface area (TPSA) is 72.5 Å². The zero-order valence-electron chi connectivity index (χ0n) is 12.8. The van der Waals surface area contributed by atoms with Crippen LogP contribution in [-0.4, -0.2) is 27.5 Å². The van der Waals surface area contributed by atoms with Crippen LogP contribution >= 0.6 is 0 Å². The average molecular weight is 333 g/mol. The van der Waals surface area contributed by atoms with Gasteiger partial charge in [0.25, 0.3) is 0 Å². The largest absolute Gasteiger partial charge is 0.468 e. The Bertz CT molecular complexity index is 730. The van der Waals surface area contributed by atoms with Crippen molar-refractivity contribution in [1.29, 1.82) is 0 Å². The Balaban J connectivity index is 2.12. The van der Waals surface area contributed by atoms with Gasteiger partial charge < -0.3 is 4.74 Å². The SMILES string of the molecule is COC(=O)C(Cc1ccccc1)NS(=O)(=O)Cc1ccccc1. The minimum absolute atomic E-state index is 0.184. The van der Waals surface area contributed by atoms with Crippen molar-refractivity contribution >= 4 is 16.0 Å². The minimum atomic E-state index is -3.66. The molecule has 0 aromatic heterocycles. The maximum Gasteiger partial charge on any atom is 0.324 e. The van der Waals surface area contributed by atoms with E-state index in [9.17, 15) is 13.2 Å². The molecule has 2 aromatic carbocycles. The van der Waals surface area contributed by atoms with Gasteiger partial charge in [0.2, 0.25) is 10.0 Å². The summed E-state index contributed by atoms with van der Waals surface area (Å²) < 4.78 is 31.8. The van der Waals surface area contributed by atoms with Crippen LogP contribution in [0.5, 0.6) is 0 Å². The van der Waals surface area contributed by atoms with E-state index in [-0.39, 0.29) is 12.2 Å². The molecule has 0 spiro atoms. The number of hydrogen-bond donors (Lipinski definition) is 1. The van der Waals surface area contributed by atoms with Crippen LogP contribution in [0.25, 0.3) is 0 Å². The lowest BCUT2D eigenvalue weighted by Gasteiger charge is -2.17. The van der Waals surface area contributed by atoms with Gasteiger partial charge in [0.15, 0.2) is 0 Å². The second-order valence-electron chi connectivity index (χ2n) is 5.13. The fourth-order valence-corrected chi connectivity index (χ4v) is 3.54. The zero-order chi connectivity index (χ0) is 16.7. The highest BCUT2D eigenvalue weighted by molar-refractivity contribution is 7.88. The van der Waals surface area contributed by atoms with E-state index < -0.39 is 22.0 Å². The number of carbonyl (C=O) groups excluding carboxylic acids is 1. The maximum atomic E-state index is 12.3. The van der Waals surface area contributed by atoms with Crippen LogP contribution in [0.1, 0.15) is 11.1 Å². The smallest absolute Gasteiger partial charge is 0.324 e. The third kappa shape index (κ3) is 5.50. The lowest BCUT2D eigenvalue weighted by Crippen LogP contribution is -2.43. The van der Waals surface area contributed by atoms with Crippen molar-refractivity contribution < 1.29 is 17.9 Å². The molecule has 2 rings (SSSR count). The molecule has 1 atom stereocenters. The van der Waals surface area contributed by atoms with Gasteiger partial charge in [0.1, 0.15) is 6.04 Å². The van der Waals surface area contributed by atoms with E-state index in [0.29, 0.717) is 5.56 Å². The van der Waals surface area contributed by atoms with Crippen molar-refractivity contribution in [2.24, 2.45) is 0 Å². The highest BCUT2D eigenvalue weighted by Crippen LogP contribution is 2.09. The molecule has 6 heteroatoms. The summed E-state index contributed by atoms with van der Waals surface area (Å²) in [5, 5.41) is 0. The molecule has 1 unspecified atom stereocenters. The normalized spacial score (nSPS) is 12.6. The molecule has 0 radical (unpaired) electrons. The Kier molecular flexibility index (Phi) is 5.90. The first-order valence-electron chi connectivity index (χ1n) is 7.16. The summed E-state index contributed by atoms with van der Waals surface area (Å²) in [6, 6.07) is 17.1. The van der Waals surface area contributed by atoms with Crippen LogP contribution in [0.2, 0.25) is 0 Å². The van der Waals surface area contributed by atoms with Crippen molar-refractivity contribution in [1.82, 2.24) is 4.72 Å². The van der Waals surface area contributed by atoms with E-state index in [1.807, 2.05) is 36.4 Å². The van der Waals surface area contributed by atoms with Crippen molar-refractivity contribution in [3.05, 3.63) is 71.8 Å². The van der Waals surface area contributed by atoms with Gasteiger partial charge in [-0.05, 0) is 17.5 Å². The molecular formula is C17H19NO4S. The Morgan fingerprint density at radius 2 is 1.52 bits per heavy atom. The van der Waals surface area contributed by atoms with Crippen LogP contribution in [0.3, 0.4) is 0 Å². The summed E-state index contributed by atoms with van der Waals surface area (Å²) in [6.07, 6.45) is 0.238. The number of carbonyl (C=O) groups is 1. The maximum absolute atomic E-state index is 12.3. The number of esters is 1. The number of sulfonamides is 1. The predicted octanol–water partition coefficient (Wildman–Crippen LogP) is 1.89. The van der Waals surface area contributed by atoms with Gasteiger partial charge in [-0.15, -0.1) is 0 Å². The Morgan fingerprint density at radius 3 is 2.04 bits per heavy atom. The van der Waals surface area contributed by atoms with Gasteiger partial charge in [0.05, 0.1) is 12.9 Å². The summed E-state index contributed by atoms with van der Waals surface area (Å²) in [5.41, 5.74) is 1.51. The minimum Gasteiger partial charge on any atom is -0.468 e. The fourth-order valence-electron chi connectivity index (χ4n) is 2.22. The van der Waals surface area contributed by atoms with E-state index in [2.05, 4.69) is 4.72 Å². The summed E-state index contributed by atoms with van der Waals surface area (Å²) in [4.78, 5) is 11.9. The van der Waals surface area contributed by atoms with Gasteiger partial charge >= 0.3 is 5.97 Å².